The molecule has 108 valence electrons. The number of aromatic nitrogens is 1. The minimum Gasteiger partial charge on any atom is -0.440 e. The number of fused-ring (bicyclic) bond motifs is 1. The van der Waals surface area contributed by atoms with Crippen LogP contribution in [0.25, 0.3) is 11.1 Å². The number of nitrogens with two attached hydrogens (primary N) is 1. The van der Waals surface area contributed by atoms with E-state index in [0.717, 1.165) is 36.3 Å². The molecular weight excluding hydrogens is 248 g/mol. The molecule has 0 aliphatic heterocycles. The highest BCUT2D eigenvalue weighted by Gasteiger charge is 2.25. The summed E-state index contributed by atoms with van der Waals surface area (Å²) in [6.07, 6.45) is 4.45. The first kappa shape index (κ1) is 13.6. The molecule has 0 bridgehead atoms. The van der Waals surface area contributed by atoms with Gasteiger partial charge in [0.25, 0.3) is 0 Å². The SMILES string of the molecule is CC(C)(C)c1ccc2oc(C3CCCC(N)C3)nc2c1. The van der Waals surface area contributed by atoms with Gasteiger partial charge in [-0.1, -0.05) is 33.3 Å². The van der Waals surface area contributed by atoms with E-state index in [2.05, 4.69) is 39.0 Å². The molecule has 0 radical (unpaired) electrons. The first-order valence-electron chi connectivity index (χ1n) is 7.60. The van der Waals surface area contributed by atoms with Gasteiger partial charge in [0.1, 0.15) is 5.52 Å². The molecule has 2 unspecified atom stereocenters. The van der Waals surface area contributed by atoms with Crippen LogP contribution in [0.4, 0.5) is 0 Å². The standard InChI is InChI=1S/C17H24N2O/c1-17(2,3)12-7-8-15-14(10-12)19-16(20-15)11-5-4-6-13(18)9-11/h7-8,10-11,13H,4-6,9,18H2,1-3H3. The Kier molecular flexibility index (Phi) is 3.33. The van der Waals surface area contributed by atoms with Crippen LogP contribution in [0, 0.1) is 0 Å². The molecule has 1 aliphatic rings. The van der Waals surface area contributed by atoms with E-state index < -0.39 is 0 Å². The van der Waals surface area contributed by atoms with Gasteiger partial charge in [0, 0.05) is 12.0 Å². The zero-order valence-corrected chi connectivity index (χ0v) is 12.6. The fourth-order valence-corrected chi connectivity index (χ4v) is 3.04. The first-order valence-corrected chi connectivity index (χ1v) is 7.60. The van der Waals surface area contributed by atoms with E-state index in [1.807, 2.05) is 0 Å². The van der Waals surface area contributed by atoms with Crippen molar-refractivity contribution in [2.75, 3.05) is 0 Å². The number of hydrogen-bond donors (Lipinski definition) is 1. The average Bonchev–Trinajstić information content (AvgIpc) is 2.80. The van der Waals surface area contributed by atoms with Gasteiger partial charge in [-0.15, -0.1) is 0 Å². The van der Waals surface area contributed by atoms with E-state index in [9.17, 15) is 0 Å². The minimum absolute atomic E-state index is 0.139. The highest BCUT2D eigenvalue weighted by molar-refractivity contribution is 5.73. The molecule has 3 heteroatoms. The molecule has 1 aromatic heterocycles. The maximum atomic E-state index is 6.07. The number of nitrogens with zero attached hydrogens (tertiary/aromatic N) is 1. The van der Waals surface area contributed by atoms with Crippen molar-refractivity contribution in [1.29, 1.82) is 0 Å². The van der Waals surface area contributed by atoms with Crippen LogP contribution >= 0.6 is 0 Å². The lowest BCUT2D eigenvalue weighted by molar-refractivity contribution is 0.343. The Morgan fingerprint density at radius 2 is 2.05 bits per heavy atom. The molecule has 3 rings (SSSR count). The highest BCUT2D eigenvalue weighted by Crippen LogP contribution is 2.34. The summed E-state index contributed by atoms with van der Waals surface area (Å²) in [4.78, 5) is 4.72. The Hall–Kier alpha value is -1.35. The topological polar surface area (TPSA) is 52.0 Å². The van der Waals surface area contributed by atoms with Crippen molar-refractivity contribution in [2.24, 2.45) is 5.73 Å². The fraction of sp³-hybridized carbons (Fsp3) is 0.588. The zero-order chi connectivity index (χ0) is 14.3. The molecular formula is C17H24N2O. The van der Waals surface area contributed by atoms with Gasteiger partial charge in [0.05, 0.1) is 0 Å². The summed E-state index contributed by atoms with van der Waals surface area (Å²) in [5.74, 6) is 1.27. The Morgan fingerprint density at radius 1 is 1.25 bits per heavy atom. The van der Waals surface area contributed by atoms with Crippen molar-refractivity contribution in [2.45, 2.75) is 63.8 Å². The normalized spacial score (nSPS) is 24.2. The van der Waals surface area contributed by atoms with Crippen LogP contribution in [0.2, 0.25) is 0 Å². The van der Waals surface area contributed by atoms with Crippen LogP contribution in [0.3, 0.4) is 0 Å². The largest absolute Gasteiger partial charge is 0.440 e. The molecule has 0 spiro atoms. The van der Waals surface area contributed by atoms with Crippen LogP contribution in [0.1, 0.15) is 63.8 Å². The number of oxazole rings is 1. The fourth-order valence-electron chi connectivity index (χ4n) is 3.04. The van der Waals surface area contributed by atoms with Gasteiger partial charge in [-0.3, -0.25) is 0 Å². The van der Waals surface area contributed by atoms with Gasteiger partial charge in [-0.2, -0.15) is 0 Å². The van der Waals surface area contributed by atoms with Crippen molar-refractivity contribution in [1.82, 2.24) is 4.98 Å². The minimum atomic E-state index is 0.139. The van der Waals surface area contributed by atoms with Gasteiger partial charge < -0.3 is 10.2 Å². The molecule has 2 N–H and O–H groups in total. The van der Waals surface area contributed by atoms with E-state index in [1.165, 1.54) is 12.0 Å². The van der Waals surface area contributed by atoms with Crippen molar-refractivity contribution in [3.05, 3.63) is 29.7 Å². The number of hydrogen-bond acceptors (Lipinski definition) is 3. The summed E-state index contributed by atoms with van der Waals surface area (Å²) >= 11 is 0. The molecule has 1 heterocycles. The van der Waals surface area contributed by atoms with Crippen molar-refractivity contribution in [3.63, 3.8) is 0 Å². The molecule has 0 saturated heterocycles. The van der Waals surface area contributed by atoms with Crippen LogP contribution in [0.15, 0.2) is 22.6 Å². The van der Waals surface area contributed by atoms with E-state index in [1.54, 1.807) is 0 Å². The number of rotatable bonds is 1. The average molecular weight is 272 g/mol. The van der Waals surface area contributed by atoms with Gasteiger partial charge in [0.2, 0.25) is 0 Å². The monoisotopic (exact) mass is 272 g/mol. The van der Waals surface area contributed by atoms with Gasteiger partial charge in [0.15, 0.2) is 11.5 Å². The number of benzene rings is 1. The van der Waals surface area contributed by atoms with Crippen molar-refractivity contribution in [3.8, 4) is 0 Å². The molecule has 20 heavy (non-hydrogen) atoms. The Balaban J connectivity index is 1.94. The van der Waals surface area contributed by atoms with E-state index in [0.29, 0.717) is 12.0 Å². The van der Waals surface area contributed by atoms with Gasteiger partial charge in [-0.05, 0) is 42.4 Å². The molecule has 1 aromatic carbocycles. The second-order valence-corrected chi connectivity index (χ2v) is 7.11. The van der Waals surface area contributed by atoms with Crippen LogP contribution in [-0.4, -0.2) is 11.0 Å². The summed E-state index contributed by atoms with van der Waals surface area (Å²) in [6.45, 7) is 6.65. The summed E-state index contributed by atoms with van der Waals surface area (Å²) in [5, 5.41) is 0. The lowest BCUT2D eigenvalue weighted by Gasteiger charge is -2.23. The predicted octanol–water partition coefficient (Wildman–Crippen LogP) is 4.11. The molecule has 1 fully saturated rings. The highest BCUT2D eigenvalue weighted by atomic mass is 16.3. The van der Waals surface area contributed by atoms with Crippen LogP contribution < -0.4 is 5.73 Å². The third kappa shape index (κ3) is 2.59. The van der Waals surface area contributed by atoms with Crippen LogP contribution in [-0.2, 0) is 5.41 Å². The Morgan fingerprint density at radius 3 is 2.75 bits per heavy atom. The van der Waals surface area contributed by atoms with Gasteiger partial charge in [-0.25, -0.2) is 4.98 Å². The lowest BCUT2D eigenvalue weighted by atomic mass is 9.86. The maximum Gasteiger partial charge on any atom is 0.198 e. The maximum absolute atomic E-state index is 6.07. The summed E-state index contributed by atoms with van der Waals surface area (Å²) in [5.41, 5.74) is 9.38. The second-order valence-electron chi connectivity index (χ2n) is 7.11. The molecule has 2 aromatic rings. The van der Waals surface area contributed by atoms with Crippen LogP contribution in [0.5, 0.6) is 0 Å². The van der Waals surface area contributed by atoms with E-state index in [4.69, 9.17) is 15.1 Å². The molecule has 1 aliphatic carbocycles. The molecule has 2 atom stereocenters. The zero-order valence-electron chi connectivity index (χ0n) is 12.6. The van der Waals surface area contributed by atoms with Crippen molar-refractivity contribution >= 4 is 11.1 Å². The van der Waals surface area contributed by atoms with Crippen molar-refractivity contribution < 1.29 is 4.42 Å². The summed E-state index contributed by atoms with van der Waals surface area (Å²) < 4.78 is 5.96. The van der Waals surface area contributed by atoms with E-state index >= 15 is 0 Å². The van der Waals surface area contributed by atoms with E-state index in [-0.39, 0.29) is 5.41 Å². The third-order valence-electron chi connectivity index (χ3n) is 4.33. The molecule has 1 saturated carbocycles. The Bertz CT molecular complexity index is 609. The quantitative estimate of drug-likeness (QED) is 0.850. The molecule has 3 nitrogen and oxygen atoms in total. The smallest absolute Gasteiger partial charge is 0.198 e. The predicted molar refractivity (Wildman–Crippen MR) is 81.9 cm³/mol. The second kappa shape index (κ2) is 4.88. The first-order chi connectivity index (χ1) is 9.43. The Labute approximate surface area is 120 Å². The van der Waals surface area contributed by atoms with Gasteiger partial charge >= 0.3 is 0 Å². The summed E-state index contributed by atoms with van der Waals surface area (Å²) in [6, 6.07) is 6.65. The molecule has 0 amide bonds. The lowest BCUT2D eigenvalue weighted by Crippen LogP contribution is -2.26. The summed E-state index contributed by atoms with van der Waals surface area (Å²) in [7, 11) is 0. The third-order valence-corrected chi connectivity index (χ3v) is 4.33.